The van der Waals surface area contributed by atoms with Gasteiger partial charge in [0.2, 0.25) is 0 Å². The highest BCUT2D eigenvalue weighted by atomic mass is 79.9. The molecule has 2 N–H and O–H groups in total. The Morgan fingerprint density at radius 2 is 2.25 bits per heavy atom. The van der Waals surface area contributed by atoms with Crippen molar-refractivity contribution in [3.8, 4) is 5.75 Å². The van der Waals surface area contributed by atoms with Crippen LogP contribution in [0.2, 0.25) is 0 Å². The van der Waals surface area contributed by atoms with Crippen molar-refractivity contribution in [2.45, 2.75) is 19.8 Å². The maximum atomic E-state index is 5.67. The van der Waals surface area contributed by atoms with Gasteiger partial charge in [0.05, 0.1) is 6.61 Å². The summed E-state index contributed by atoms with van der Waals surface area (Å²) < 4.78 is 6.73. The molecule has 0 aliphatic carbocycles. The van der Waals surface area contributed by atoms with E-state index in [0.29, 0.717) is 6.54 Å². The quantitative estimate of drug-likeness (QED) is 0.866. The molecule has 0 aromatic heterocycles. The maximum absolute atomic E-state index is 5.67. The van der Waals surface area contributed by atoms with Crippen LogP contribution in [-0.2, 0) is 0 Å². The third kappa shape index (κ3) is 4.37. The highest BCUT2D eigenvalue weighted by Crippen LogP contribution is 2.24. The molecule has 16 heavy (non-hydrogen) atoms. The van der Waals surface area contributed by atoms with E-state index < -0.39 is 0 Å². The summed E-state index contributed by atoms with van der Waals surface area (Å²) in [6, 6.07) is 6.03. The van der Waals surface area contributed by atoms with Crippen LogP contribution in [-0.4, -0.2) is 13.2 Å². The van der Waals surface area contributed by atoms with Crippen LogP contribution in [0.15, 0.2) is 28.7 Å². The van der Waals surface area contributed by atoms with Gasteiger partial charge in [-0.15, -0.1) is 0 Å². The van der Waals surface area contributed by atoms with Gasteiger partial charge in [-0.25, -0.2) is 0 Å². The summed E-state index contributed by atoms with van der Waals surface area (Å²) >= 11 is 3.46. The highest BCUT2D eigenvalue weighted by Gasteiger charge is 2.00. The number of benzene rings is 1. The molecule has 1 aromatic carbocycles. The van der Waals surface area contributed by atoms with Crippen LogP contribution in [0.3, 0.4) is 0 Å². The molecule has 0 saturated heterocycles. The lowest BCUT2D eigenvalue weighted by atomic mass is 10.2. The van der Waals surface area contributed by atoms with E-state index in [4.69, 9.17) is 10.5 Å². The van der Waals surface area contributed by atoms with Crippen molar-refractivity contribution in [1.29, 1.82) is 0 Å². The molecule has 1 rings (SSSR count). The molecule has 1 aromatic rings. The maximum Gasteiger partial charge on any atom is 0.126 e. The zero-order chi connectivity index (χ0) is 11.8. The van der Waals surface area contributed by atoms with Crippen LogP contribution in [0.5, 0.6) is 5.75 Å². The number of rotatable bonds is 6. The first-order chi connectivity index (χ1) is 7.77. The molecule has 0 aliphatic heterocycles. The number of nitrogens with two attached hydrogens (primary N) is 1. The fraction of sp³-hybridized carbons (Fsp3) is 0.385. The molecular formula is C13H18BrNO. The second-order valence-electron chi connectivity index (χ2n) is 3.51. The normalized spacial score (nSPS) is 10.9. The van der Waals surface area contributed by atoms with Crippen molar-refractivity contribution in [3.63, 3.8) is 0 Å². The average molecular weight is 284 g/mol. The number of hydrogen-bond acceptors (Lipinski definition) is 2. The summed E-state index contributed by atoms with van der Waals surface area (Å²) in [6.45, 7) is 3.53. The number of hydrogen-bond donors (Lipinski definition) is 1. The Labute approximate surface area is 106 Å². The summed E-state index contributed by atoms with van der Waals surface area (Å²) in [5.74, 6) is 0.929. The Balaban J connectivity index is 2.80. The molecule has 0 atom stereocenters. The molecule has 0 aliphatic rings. The Kier molecular flexibility index (Phi) is 6.19. The van der Waals surface area contributed by atoms with Crippen LogP contribution < -0.4 is 10.5 Å². The molecule has 0 radical (unpaired) electrons. The van der Waals surface area contributed by atoms with Gasteiger partial charge < -0.3 is 10.5 Å². The first-order valence-electron chi connectivity index (χ1n) is 5.57. The van der Waals surface area contributed by atoms with Gasteiger partial charge >= 0.3 is 0 Å². The van der Waals surface area contributed by atoms with E-state index in [9.17, 15) is 0 Å². The molecule has 0 unspecified atom stereocenters. The van der Waals surface area contributed by atoms with Crippen LogP contribution in [0.4, 0.5) is 0 Å². The summed E-state index contributed by atoms with van der Waals surface area (Å²) in [4.78, 5) is 0. The molecule has 0 fully saturated rings. The lowest BCUT2D eigenvalue weighted by Crippen LogP contribution is -1.97. The molecule has 0 spiro atoms. The number of ether oxygens (including phenoxy) is 1. The zero-order valence-electron chi connectivity index (χ0n) is 9.58. The molecule has 0 bridgehead atoms. The second-order valence-corrected chi connectivity index (χ2v) is 4.43. The van der Waals surface area contributed by atoms with E-state index in [2.05, 4.69) is 41.1 Å². The Bertz CT molecular complexity index is 350. The van der Waals surface area contributed by atoms with Crippen molar-refractivity contribution in [3.05, 3.63) is 34.3 Å². The Hall–Kier alpha value is -0.800. The lowest BCUT2D eigenvalue weighted by Gasteiger charge is -2.08. The van der Waals surface area contributed by atoms with Gasteiger partial charge in [-0.3, -0.25) is 0 Å². The van der Waals surface area contributed by atoms with E-state index in [0.717, 1.165) is 35.2 Å². The van der Waals surface area contributed by atoms with Gasteiger partial charge in [0.25, 0.3) is 0 Å². The molecule has 0 saturated carbocycles. The molecular weight excluding hydrogens is 266 g/mol. The molecule has 0 amide bonds. The predicted octanol–water partition coefficient (Wildman–Crippen LogP) is 3.60. The van der Waals surface area contributed by atoms with Crippen molar-refractivity contribution >= 4 is 22.0 Å². The van der Waals surface area contributed by atoms with E-state index in [1.54, 1.807) is 0 Å². The predicted molar refractivity (Wildman–Crippen MR) is 72.6 cm³/mol. The lowest BCUT2D eigenvalue weighted by molar-refractivity contribution is 0.317. The third-order valence-electron chi connectivity index (χ3n) is 2.06. The van der Waals surface area contributed by atoms with Gasteiger partial charge in [-0.1, -0.05) is 35.0 Å². The standard InChI is InChI=1S/C13H18BrNO/c1-2-9-16-13-7-6-12(14)10-11(13)5-3-4-8-15/h3,5-7,10H,2,4,8-9,15H2,1H3. The Morgan fingerprint density at radius 3 is 2.94 bits per heavy atom. The summed E-state index contributed by atoms with van der Waals surface area (Å²) in [5.41, 5.74) is 6.54. The van der Waals surface area contributed by atoms with Gasteiger partial charge in [-0.2, -0.15) is 0 Å². The molecule has 0 heterocycles. The minimum Gasteiger partial charge on any atom is -0.493 e. The molecule has 88 valence electrons. The van der Waals surface area contributed by atoms with Gasteiger partial charge in [0, 0.05) is 10.0 Å². The fourth-order valence-electron chi connectivity index (χ4n) is 1.30. The third-order valence-corrected chi connectivity index (χ3v) is 2.56. The van der Waals surface area contributed by atoms with Crippen LogP contribution in [0.25, 0.3) is 6.08 Å². The van der Waals surface area contributed by atoms with Crippen molar-refractivity contribution < 1.29 is 4.74 Å². The SMILES string of the molecule is CCCOc1ccc(Br)cc1C=CCCN. The van der Waals surface area contributed by atoms with Gasteiger partial charge in [0.15, 0.2) is 0 Å². The van der Waals surface area contributed by atoms with Crippen molar-refractivity contribution in [2.75, 3.05) is 13.2 Å². The largest absolute Gasteiger partial charge is 0.493 e. The fourth-order valence-corrected chi connectivity index (χ4v) is 1.68. The minimum absolute atomic E-state index is 0.676. The van der Waals surface area contributed by atoms with E-state index >= 15 is 0 Å². The summed E-state index contributed by atoms with van der Waals surface area (Å²) in [6.07, 6.45) is 6.03. The first kappa shape index (κ1) is 13.3. The minimum atomic E-state index is 0.676. The smallest absolute Gasteiger partial charge is 0.126 e. The highest BCUT2D eigenvalue weighted by molar-refractivity contribution is 9.10. The first-order valence-corrected chi connectivity index (χ1v) is 6.36. The van der Waals surface area contributed by atoms with E-state index in [1.165, 1.54) is 0 Å². The van der Waals surface area contributed by atoms with Crippen molar-refractivity contribution in [2.24, 2.45) is 5.73 Å². The average Bonchev–Trinajstić information content (AvgIpc) is 2.28. The second kappa shape index (κ2) is 7.47. The van der Waals surface area contributed by atoms with E-state index in [-0.39, 0.29) is 0 Å². The van der Waals surface area contributed by atoms with Gasteiger partial charge in [-0.05, 0) is 37.6 Å². The monoisotopic (exact) mass is 283 g/mol. The summed E-state index contributed by atoms with van der Waals surface area (Å²) in [7, 11) is 0. The number of halogens is 1. The van der Waals surface area contributed by atoms with E-state index in [1.807, 2.05) is 12.1 Å². The molecule has 3 heteroatoms. The topological polar surface area (TPSA) is 35.2 Å². The zero-order valence-corrected chi connectivity index (χ0v) is 11.2. The van der Waals surface area contributed by atoms with Crippen LogP contribution in [0.1, 0.15) is 25.3 Å². The van der Waals surface area contributed by atoms with Crippen molar-refractivity contribution in [1.82, 2.24) is 0 Å². The molecule has 2 nitrogen and oxygen atoms in total. The van der Waals surface area contributed by atoms with Crippen LogP contribution >= 0.6 is 15.9 Å². The van der Waals surface area contributed by atoms with Crippen LogP contribution in [0, 0.1) is 0 Å². The summed E-state index contributed by atoms with van der Waals surface area (Å²) in [5, 5.41) is 0. The Morgan fingerprint density at radius 1 is 1.44 bits per heavy atom. The van der Waals surface area contributed by atoms with Gasteiger partial charge in [0.1, 0.15) is 5.75 Å².